The SMILES string of the molecule is COc1ccc(N2Cc3cnc(Nc4ccccc4)nc3N(C(=O)c3ccccc3)C2=O)cc1. The van der Waals surface area contributed by atoms with Crippen LogP contribution in [-0.4, -0.2) is 29.0 Å². The first-order valence-corrected chi connectivity index (χ1v) is 10.7. The predicted molar refractivity (Wildman–Crippen MR) is 130 cm³/mol. The fourth-order valence-electron chi connectivity index (χ4n) is 3.72. The Morgan fingerprint density at radius 2 is 1.62 bits per heavy atom. The van der Waals surface area contributed by atoms with Gasteiger partial charge >= 0.3 is 6.03 Å². The average molecular weight is 451 g/mol. The second-order valence-electron chi connectivity index (χ2n) is 7.61. The summed E-state index contributed by atoms with van der Waals surface area (Å²) in [5.74, 6) is 0.763. The van der Waals surface area contributed by atoms with Crippen molar-refractivity contribution in [2.45, 2.75) is 6.54 Å². The molecule has 0 bridgehead atoms. The number of hydrogen-bond donors (Lipinski definition) is 1. The van der Waals surface area contributed by atoms with Crippen molar-refractivity contribution in [2.24, 2.45) is 0 Å². The fourth-order valence-corrected chi connectivity index (χ4v) is 3.72. The molecule has 0 saturated heterocycles. The van der Waals surface area contributed by atoms with E-state index < -0.39 is 11.9 Å². The molecular weight excluding hydrogens is 430 g/mol. The highest BCUT2D eigenvalue weighted by molar-refractivity contribution is 6.25. The predicted octanol–water partition coefficient (Wildman–Crippen LogP) is 5.02. The fraction of sp³-hybridized carbons (Fsp3) is 0.0769. The van der Waals surface area contributed by atoms with Crippen molar-refractivity contribution < 1.29 is 14.3 Å². The van der Waals surface area contributed by atoms with Gasteiger partial charge in [0.1, 0.15) is 5.75 Å². The summed E-state index contributed by atoms with van der Waals surface area (Å²) in [6.07, 6.45) is 1.64. The van der Waals surface area contributed by atoms with Crippen molar-refractivity contribution in [3.8, 4) is 5.75 Å². The van der Waals surface area contributed by atoms with Crippen molar-refractivity contribution in [1.82, 2.24) is 9.97 Å². The number of nitrogens with zero attached hydrogens (tertiary/aromatic N) is 4. The van der Waals surface area contributed by atoms with Crippen LogP contribution in [0.1, 0.15) is 15.9 Å². The number of amides is 3. The summed E-state index contributed by atoms with van der Waals surface area (Å²) in [5, 5.41) is 3.12. The van der Waals surface area contributed by atoms with E-state index in [1.54, 1.807) is 61.8 Å². The van der Waals surface area contributed by atoms with Gasteiger partial charge in [0, 0.05) is 28.7 Å². The van der Waals surface area contributed by atoms with Crippen LogP contribution < -0.4 is 19.9 Å². The Labute approximate surface area is 196 Å². The van der Waals surface area contributed by atoms with E-state index in [0.29, 0.717) is 28.5 Å². The number of urea groups is 1. The summed E-state index contributed by atoms with van der Waals surface area (Å²) in [4.78, 5) is 38.7. The van der Waals surface area contributed by atoms with Gasteiger partial charge in [0.25, 0.3) is 5.91 Å². The lowest BCUT2D eigenvalue weighted by atomic mass is 10.1. The van der Waals surface area contributed by atoms with Gasteiger partial charge in [-0.15, -0.1) is 0 Å². The van der Waals surface area contributed by atoms with Gasteiger partial charge in [0.05, 0.1) is 13.7 Å². The molecule has 1 N–H and O–H groups in total. The quantitative estimate of drug-likeness (QED) is 0.459. The van der Waals surface area contributed by atoms with Crippen LogP contribution >= 0.6 is 0 Å². The maximum Gasteiger partial charge on any atom is 0.337 e. The number of rotatable bonds is 5. The van der Waals surface area contributed by atoms with Crippen molar-refractivity contribution in [3.63, 3.8) is 0 Å². The van der Waals surface area contributed by atoms with Crippen LogP contribution in [0.3, 0.4) is 0 Å². The number of benzene rings is 3. The third-order valence-corrected chi connectivity index (χ3v) is 5.44. The Morgan fingerprint density at radius 3 is 2.29 bits per heavy atom. The first-order chi connectivity index (χ1) is 16.6. The van der Waals surface area contributed by atoms with Crippen LogP contribution in [0.25, 0.3) is 0 Å². The molecule has 168 valence electrons. The number of hydrogen-bond acceptors (Lipinski definition) is 6. The monoisotopic (exact) mass is 451 g/mol. The Morgan fingerprint density at radius 1 is 0.941 bits per heavy atom. The number of aromatic nitrogens is 2. The van der Waals surface area contributed by atoms with Gasteiger partial charge in [-0.05, 0) is 48.5 Å². The van der Waals surface area contributed by atoms with E-state index in [1.165, 1.54) is 4.90 Å². The average Bonchev–Trinajstić information content (AvgIpc) is 2.89. The summed E-state index contributed by atoms with van der Waals surface area (Å²) in [5.41, 5.74) is 2.46. The summed E-state index contributed by atoms with van der Waals surface area (Å²) in [6, 6.07) is 24.7. The molecule has 4 aromatic rings. The Bertz CT molecular complexity index is 1330. The molecule has 1 aromatic heterocycles. The first-order valence-electron chi connectivity index (χ1n) is 10.7. The summed E-state index contributed by atoms with van der Waals surface area (Å²) < 4.78 is 5.22. The minimum atomic E-state index is -0.490. The molecule has 8 heteroatoms. The van der Waals surface area contributed by atoms with E-state index in [2.05, 4.69) is 15.3 Å². The van der Waals surface area contributed by atoms with E-state index >= 15 is 0 Å². The van der Waals surface area contributed by atoms with E-state index in [4.69, 9.17) is 4.74 Å². The van der Waals surface area contributed by atoms with E-state index in [9.17, 15) is 9.59 Å². The van der Waals surface area contributed by atoms with Crippen LogP contribution in [0.2, 0.25) is 0 Å². The second-order valence-corrected chi connectivity index (χ2v) is 7.61. The highest BCUT2D eigenvalue weighted by Gasteiger charge is 2.37. The molecule has 0 aliphatic carbocycles. The number of ether oxygens (including phenoxy) is 1. The third-order valence-electron chi connectivity index (χ3n) is 5.44. The molecule has 0 spiro atoms. The molecule has 3 aromatic carbocycles. The minimum Gasteiger partial charge on any atom is -0.497 e. The van der Waals surface area contributed by atoms with Gasteiger partial charge in [-0.2, -0.15) is 4.98 Å². The van der Waals surface area contributed by atoms with E-state index in [1.807, 2.05) is 36.4 Å². The lowest BCUT2D eigenvalue weighted by Gasteiger charge is -2.35. The lowest BCUT2D eigenvalue weighted by Crippen LogP contribution is -2.50. The van der Waals surface area contributed by atoms with E-state index in [-0.39, 0.29) is 12.4 Å². The van der Waals surface area contributed by atoms with E-state index in [0.717, 1.165) is 10.6 Å². The number of anilines is 4. The van der Waals surface area contributed by atoms with Gasteiger partial charge in [0.15, 0.2) is 5.82 Å². The molecule has 0 saturated carbocycles. The number of carbonyl (C=O) groups is 2. The summed E-state index contributed by atoms with van der Waals surface area (Å²) >= 11 is 0. The number of nitrogens with one attached hydrogen (secondary N) is 1. The molecule has 0 fully saturated rings. The number of fused-ring (bicyclic) bond motifs is 1. The molecule has 34 heavy (non-hydrogen) atoms. The van der Waals surface area contributed by atoms with Crippen LogP contribution in [0, 0.1) is 0 Å². The number of methoxy groups -OCH3 is 1. The van der Waals surface area contributed by atoms with Crippen LogP contribution in [0.15, 0.2) is 91.1 Å². The Balaban J connectivity index is 1.56. The zero-order valence-electron chi connectivity index (χ0n) is 18.4. The molecule has 0 unspecified atom stereocenters. The minimum absolute atomic E-state index is 0.227. The molecule has 0 radical (unpaired) electrons. The van der Waals surface area contributed by atoms with Gasteiger partial charge in [-0.1, -0.05) is 36.4 Å². The molecular formula is C26H21N5O3. The molecule has 5 rings (SSSR count). The molecule has 2 heterocycles. The van der Waals surface area contributed by atoms with Gasteiger partial charge < -0.3 is 10.1 Å². The standard InChI is InChI=1S/C26H21N5O3/c1-34-22-14-12-21(13-15-22)30-17-19-16-27-25(28-20-10-6-3-7-11-20)29-23(19)31(26(30)33)24(32)18-8-4-2-5-9-18/h2-16H,17H2,1H3,(H,27,28,29). The van der Waals surface area contributed by atoms with Crippen LogP contribution in [0.5, 0.6) is 5.75 Å². The highest BCUT2D eigenvalue weighted by atomic mass is 16.5. The number of imide groups is 1. The summed E-state index contributed by atoms with van der Waals surface area (Å²) in [6.45, 7) is 0.227. The largest absolute Gasteiger partial charge is 0.497 e. The molecule has 0 atom stereocenters. The van der Waals surface area contributed by atoms with Gasteiger partial charge in [-0.25, -0.2) is 14.7 Å². The molecule has 1 aliphatic rings. The van der Waals surface area contributed by atoms with Crippen molar-refractivity contribution >= 4 is 35.1 Å². The highest BCUT2D eigenvalue weighted by Crippen LogP contribution is 2.33. The lowest BCUT2D eigenvalue weighted by molar-refractivity contribution is 0.0993. The number of para-hydroxylation sites is 1. The second kappa shape index (κ2) is 9.03. The zero-order chi connectivity index (χ0) is 23.5. The first kappa shape index (κ1) is 21.1. The maximum absolute atomic E-state index is 13.6. The molecule has 3 amide bonds. The van der Waals surface area contributed by atoms with Gasteiger partial charge in [0.2, 0.25) is 5.95 Å². The topological polar surface area (TPSA) is 87.7 Å². The smallest absolute Gasteiger partial charge is 0.337 e. The third kappa shape index (κ3) is 4.04. The Kier molecular flexibility index (Phi) is 5.61. The van der Waals surface area contributed by atoms with Crippen molar-refractivity contribution in [2.75, 3.05) is 22.2 Å². The zero-order valence-corrected chi connectivity index (χ0v) is 18.4. The molecule has 1 aliphatic heterocycles. The van der Waals surface area contributed by atoms with Crippen LogP contribution in [-0.2, 0) is 6.54 Å². The normalized spacial score (nSPS) is 12.8. The maximum atomic E-state index is 13.6. The molecule has 8 nitrogen and oxygen atoms in total. The van der Waals surface area contributed by atoms with Gasteiger partial charge in [-0.3, -0.25) is 9.69 Å². The Hall–Kier alpha value is -4.72. The number of carbonyl (C=O) groups excluding carboxylic acids is 2. The van der Waals surface area contributed by atoms with Crippen molar-refractivity contribution in [3.05, 3.63) is 102 Å². The van der Waals surface area contributed by atoms with Crippen molar-refractivity contribution in [1.29, 1.82) is 0 Å². The summed E-state index contributed by atoms with van der Waals surface area (Å²) in [7, 11) is 1.58. The van der Waals surface area contributed by atoms with Crippen LogP contribution in [0.4, 0.5) is 27.9 Å².